The lowest BCUT2D eigenvalue weighted by Crippen LogP contribution is -2.19. The van der Waals surface area contributed by atoms with Crippen LogP contribution in [0.3, 0.4) is 0 Å². The molecule has 18 heavy (non-hydrogen) atoms. The van der Waals surface area contributed by atoms with Crippen molar-refractivity contribution in [3.8, 4) is 0 Å². The van der Waals surface area contributed by atoms with Crippen molar-refractivity contribution < 1.29 is 9.90 Å². The van der Waals surface area contributed by atoms with E-state index in [1.165, 1.54) is 4.88 Å². The molecule has 0 radical (unpaired) electrons. The normalized spacial score (nSPS) is 20.4. The molecule has 1 aliphatic rings. The summed E-state index contributed by atoms with van der Waals surface area (Å²) in [6.45, 7) is 3.08. The van der Waals surface area contributed by atoms with Gasteiger partial charge in [-0.3, -0.25) is 9.69 Å². The monoisotopic (exact) mass is 395 g/mol. The maximum Gasteiger partial charge on any atom is 0.303 e. The van der Waals surface area contributed by atoms with E-state index < -0.39 is 5.97 Å². The highest BCUT2D eigenvalue weighted by molar-refractivity contribution is 9.13. The first-order valence-electron chi connectivity index (χ1n) is 5.92. The van der Waals surface area contributed by atoms with E-state index in [9.17, 15) is 4.79 Å². The van der Waals surface area contributed by atoms with Crippen LogP contribution < -0.4 is 0 Å². The van der Waals surface area contributed by atoms with Crippen LogP contribution in [0.2, 0.25) is 0 Å². The van der Waals surface area contributed by atoms with Gasteiger partial charge in [0, 0.05) is 28.9 Å². The predicted octanol–water partition coefficient (Wildman–Crippen LogP) is 3.96. The quantitative estimate of drug-likeness (QED) is 0.818. The SMILES string of the molecule is O=C(O)CCC1CCN(Cc2cc(Br)c(Br)s2)C1. The molecular weight excluding hydrogens is 382 g/mol. The Labute approximate surface area is 127 Å². The number of carboxylic acid groups (broad SMARTS) is 1. The summed E-state index contributed by atoms with van der Waals surface area (Å²) in [5, 5.41) is 8.69. The zero-order valence-corrected chi connectivity index (χ0v) is 13.9. The Hall–Kier alpha value is 0.0900. The second-order valence-electron chi connectivity index (χ2n) is 4.66. The van der Waals surface area contributed by atoms with Gasteiger partial charge in [-0.15, -0.1) is 11.3 Å². The Morgan fingerprint density at radius 2 is 2.33 bits per heavy atom. The Balaban J connectivity index is 1.80. The molecule has 2 heterocycles. The smallest absolute Gasteiger partial charge is 0.303 e. The Morgan fingerprint density at radius 1 is 1.56 bits per heavy atom. The number of rotatable bonds is 5. The van der Waals surface area contributed by atoms with Crippen LogP contribution in [0.5, 0.6) is 0 Å². The van der Waals surface area contributed by atoms with Gasteiger partial charge >= 0.3 is 5.97 Å². The first kappa shape index (κ1) is 14.5. The molecule has 0 aromatic carbocycles. The van der Waals surface area contributed by atoms with E-state index in [2.05, 4.69) is 42.8 Å². The van der Waals surface area contributed by atoms with Crippen LogP contribution in [-0.4, -0.2) is 29.1 Å². The van der Waals surface area contributed by atoms with Gasteiger partial charge in [-0.2, -0.15) is 0 Å². The molecule has 0 aliphatic carbocycles. The molecule has 1 aromatic heterocycles. The van der Waals surface area contributed by atoms with Gasteiger partial charge in [-0.05, 0) is 63.2 Å². The van der Waals surface area contributed by atoms with Crippen molar-refractivity contribution in [3.63, 3.8) is 0 Å². The van der Waals surface area contributed by atoms with E-state index in [4.69, 9.17) is 5.11 Å². The van der Waals surface area contributed by atoms with Gasteiger partial charge in [-0.1, -0.05) is 0 Å². The standard InChI is InChI=1S/C12H15Br2NO2S/c13-10-5-9(18-12(10)14)7-15-4-3-8(6-15)1-2-11(16)17/h5,8H,1-4,6-7H2,(H,16,17). The number of hydrogen-bond acceptors (Lipinski definition) is 3. The van der Waals surface area contributed by atoms with Crippen LogP contribution in [0.15, 0.2) is 14.3 Å². The molecule has 1 saturated heterocycles. The van der Waals surface area contributed by atoms with Crippen LogP contribution in [0.1, 0.15) is 24.1 Å². The van der Waals surface area contributed by atoms with Gasteiger partial charge in [0.1, 0.15) is 0 Å². The number of aliphatic carboxylic acids is 1. The first-order chi connectivity index (χ1) is 8.54. The third-order valence-electron chi connectivity index (χ3n) is 3.21. The molecule has 1 fully saturated rings. The van der Waals surface area contributed by atoms with Crippen LogP contribution >= 0.6 is 43.2 Å². The number of halogens is 2. The summed E-state index contributed by atoms with van der Waals surface area (Å²) >= 11 is 8.76. The van der Waals surface area contributed by atoms with Crippen molar-refractivity contribution in [2.45, 2.75) is 25.8 Å². The molecule has 6 heteroatoms. The average Bonchev–Trinajstić information content (AvgIpc) is 2.85. The highest BCUT2D eigenvalue weighted by Gasteiger charge is 2.23. The highest BCUT2D eigenvalue weighted by Crippen LogP contribution is 2.34. The maximum absolute atomic E-state index is 10.5. The Kier molecular flexibility index (Phi) is 5.24. The molecular formula is C12H15Br2NO2S. The van der Waals surface area contributed by atoms with Crippen molar-refractivity contribution in [3.05, 3.63) is 19.2 Å². The van der Waals surface area contributed by atoms with Crippen molar-refractivity contribution in [1.29, 1.82) is 0 Å². The minimum atomic E-state index is -0.681. The number of likely N-dealkylation sites (tertiary alicyclic amines) is 1. The zero-order valence-electron chi connectivity index (χ0n) is 9.86. The van der Waals surface area contributed by atoms with Crippen molar-refractivity contribution in [2.75, 3.05) is 13.1 Å². The van der Waals surface area contributed by atoms with Gasteiger partial charge in [0.25, 0.3) is 0 Å². The lowest BCUT2D eigenvalue weighted by molar-refractivity contribution is -0.137. The number of carboxylic acids is 1. The van der Waals surface area contributed by atoms with E-state index in [-0.39, 0.29) is 0 Å². The van der Waals surface area contributed by atoms with E-state index >= 15 is 0 Å². The minimum absolute atomic E-state index is 0.300. The number of nitrogens with zero attached hydrogens (tertiary/aromatic N) is 1. The average molecular weight is 397 g/mol. The predicted molar refractivity (Wildman–Crippen MR) is 80.0 cm³/mol. The fourth-order valence-corrected chi connectivity index (χ4v) is 4.53. The summed E-state index contributed by atoms with van der Waals surface area (Å²) in [6.07, 6.45) is 2.24. The number of thiophene rings is 1. The zero-order chi connectivity index (χ0) is 13.1. The van der Waals surface area contributed by atoms with Crippen molar-refractivity contribution in [1.82, 2.24) is 4.90 Å². The molecule has 0 saturated carbocycles. The first-order valence-corrected chi connectivity index (χ1v) is 8.32. The van der Waals surface area contributed by atoms with E-state index in [0.717, 1.165) is 40.7 Å². The topological polar surface area (TPSA) is 40.5 Å². The molecule has 3 nitrogen and oxygen atoms in total. The molecule has 0 bridgehead atoms. The molecule has 0 amide bonds. The largest absolute Gasteiger partial charge is 0.481 e. The Bertz CT molecular complexity index is 416. The number of hydrogen-bond donors (Lipinski definition) is 1. The summed E-state index contributed by atoms with van der Waals surface area (Å²) in [7, 11) is 0. The van der Waals surface area contributed by atoms with E-state index in [1.54, 1.807) is 11.3 Å². The minimum Gasteiger partial charge on any atom is -0.481 e. The second-order valence-corrected chi connectivity index (χ2v) is 7.97. The third-order valence-corrected chi connectivity index (χ3v) is 6.45. The fourth-order valence-electron chi connectivity index (χ4n) is 2.31. The summed E-state index contributed by atoms with van der Waals surface area (Å²) in [5.74, 6) is -0.132. The van der Waals surface area contributed by atoms with Crippen LogP contribution in [-0.2, 0) is 11.3 Å². The summed E-state index contributed by atoms with van der Waals surface area (Å²) in [4.78, 5) is 14.3. The van der Waals surface area contributed by atoms with E-state index in [0.29, 0.717) is 12.3 Å². The summed E-state index contributed by atoms with van der Waals surface area (Å²) in [6, 6.07) is 2.15. The molecule has 1 aliphatic heterocycles. The van der Waals surface area contributed by atoms with Crippen molar-refractivity contribution >= 4 is 49.2 Å². The molecule has 1 unspecified atom stereocenters. The maximum atomic E-state index is 10.5. The summed E-state index contributed by atoms with van der Waals surface area (Å²) in [5.41, 5.74) is 0. The van der Waals surface area contributed by atoms with Gasteiger partial charge < -0.3 is 5.11 Å². The molecule has 1 N–H and O–H groups in total. The fraction of sp³-hybridized carbons (Fsp3) is 0.583. The molecule has 1 aromatic rings. The lowest BCUT2D eigenvalue weighted by Gasteiger charge is -2.14. The summed E-state index contributed by atoms with van der Waals surface area (Å²) < 4.78 is 2.25. The number of carbonyl (C=O) groups is 1. The van der Waals surface area contributed by atoms with Crippen LogP contribution in [0.4, 0.5) is 0 Å². The van der Waals surface area contributed by atoms with Gasteiger partial charge in [0.15, 0.2) is 0 Å². The van der Waals surface area contributed by atoms with Crippen molar-refractivity contribution in [2.24, 2.45) is 5.92 Å². The molecule has 2 rings (SSSR count). The van der Waals surface area contributed by atoms with Gasteiger partial charge in [0.05, 0.1) is 3.79 Å². The second kappa shape index (κ2) is 6.50. The van der Waals surface area contributed by atoms with Gasteiger partial charge in [0.2, 0.25) is 0 Å². The Morgan fingerprint density at radius 3 is 2.94 bits per heavy atom. The molecule has 0 spiro atoms. The molecule has 100 valence electrons. The lowest BCUT2D eigenvalue weighted by atomic mass is 10.0. The third kappa shape index (κ3) is 4.05. The molecule has 1 atom stereocenters. The van der Waals surface area contributed by atoms with Crippen LogP contribution in [0, 0.1) is 5.92 Å². The van der Waals surface area contributed by atoms with Gasteiger partial charge in [-0.25, -0.2) is 0 Å². The van der Waals surface area contributed by atoms with E-state index in [1.807, 2.05) is 0 Å². The van der Waals surface area contributed by atoms with Crippen LogP contribution in [0.25, 0.3) is 0 Å². The highest BCUT2D eigenvalue weighted by atomic mass is 79.9.